The summed E-state index contributed by atoms with van der Waals surface area (Å²) in [5.74, 6) is 0.386. The molecular formula is C24H19ClN4O2S. The summed E-state index contributed by atoms with van der Waals surface area (Å²) >= 11 is 6.54. The molecule has 0 aliphatic carbocycles. The second-order valence-electron chi connectivity index (χ2n) is 7.02. The molecule has 0 amide bonds. The van der Waals surface area contributed by atoms with E-state index >= 15 is 0 Å². The zero-order valence-corrected chi connectivity index (χ0v) is 18.7. The number of hydrogen-bond acceptors (Lipinski definition) is 5. The van der Waals surface area contributed by atoms with Crippen LogP contribution in [0.25, 0.3) is 28.6 Å². The Hall–Kier alpha value is -3.55. The predicted molar refractivity (Wildman–Crippen MR) is 128 cm³/mol. The van der Waals surface area contributed by atoms with Crippen LogP contribution in [-0.2, 0) is 10.0 Å². The van der Waals surface area contributed by atoms with Gasteiger partial charge < -0.3 is 0 Å². The van der Waals surface area contributed by atoms with E-state index in [1.54, 1.807) is 24.5 Å². The third kappa shape index (κ3) is 5.19. The molecule has 0 saturated carbocycles. The normalized spacial score (nSPS) is 11.6. The van der Waals surface area contributed by atoms with Crippen LogP contribution in [0, 0.1) is 6.92 Å². The number of benzene rings is 2. The first-order chi connectivity index (χ1) is 15.4. The van der Waals surface area contributed by atoms with Gasteiger partial charge in [0.1, 0.15) is 5.15 Å². The lowest BCUT2D eigenvalue weighted by atomic mass is 10.1. The standard InChI is InChI=1S/C24H19ClN4O2S/c1-17-7-9-19(10-8-17)21-22(25)27-23(20-11-14-26-15-12-20)28-24(21)29-32(30,31)16-13-18-5-3-2-4-6-18/h2-16H,1H3,(H,27,28,29)/b16-13+. The van der Waals surface area contributed by atoms with Gasteiger partial charge in [0.05, 0.1) is 11.0 Å². The average molecular weight is 463 g/mol. The molecule has 4 rings (SSSR count). The van der Waals surface area contributed by atoms with Crippen LogP contribution in [0.5, 0.6) is 0 Å². The van der Waals surface area contributed by atoms with E-state index in [-0.39, 0.29) is 16.8 Å². The fourth-order valence-electron chi connectivity index (χ4n) is 3.01. The molecule has 8 heteroatoms. The maximum Gasteiger partial charge on any atom is 0.256 e. The molecule has 0 bridgehead atoms. The van der Waals surface area contributed by atoms with Crippen molar-refractivity contribution in [2.45, 2.75) is 6.92 Å². The second-order valence-corrected chi connectivity index (χ2v) is 8.95. The molecule has 32 heavy (non-hydrogen) atoms. The number of aryl methyl sites for hydroxylation is 1. The second kappa shape index (κ2) is 9.30. The summed E-state index contributed by atoms with van der Waals surface area (Å²) < 4.78 is 28.3. The highest BCUT2D eigenvalue weighted by atomic mass is 35.5. The molecule has 1 N–H and O–H groups in total. The zero-order valence-electron chi connectivity index (χ0n) is 17.1. The quantitative estimate of drug-likeness (QED) is 0.378. The topological polar surface area (TPSA) is 84.8 Å². The summed E-state index contributed by atoms with van der Waals surface area (Å²) in [6.07, 6.45) is 4.72. The Labute approximate surface area is 191 Å². The van der Waals surface area contributed by atoms with Crippen molar-refractivity contribution in [3.05, 3.63) is 101 Å². The number of anilines is 1. The molecule has 0 atom stereocenters. The third-order valence-electron chi connectivity index (χ3n) is 4.62. The van der Waals surface area contributed by atoms with Crippen molar-refractivity contribution < 1.29 is 8.42 Å². The van der Waals surface area contributed by atoms with Gasteiger partial charge in [0.25, 0.3) is 10.0 Å². The van der Waals surface area contributed by atoms with Crippen molar-refractivity contribution >= 4 is 33.5 Å². The minimum atomic E-state index is -3.88. The Morgan fingerprint density at radius 1 is 0.875 bits per heavy atom. The fourth-order valence-corrected chi connectivity index (χ4v) is 4.11. The van der Waals surface area contributed by atoms with Crippen LogP contribution in [0.3, 0.4) is 0 Å². The van der Waals surface area contributed by atoms with E-state index < -0.39 is 10.0 Å². The summed E-state index contributed by atoms with van der Waals surface area (Å²) in [4.78, 5) is 12.9. The van der Waals surface area contributed by atoms with Gasteiger partial charge in [-0.25, -0.2) is 18.4 Å². The molecule has 2 aromatic heterocycles. The minimum absolute atomic E-state index is 0.0957. The van der Waals surface area contributed by atoms with Crippen LogP contribution in [0.1, 0.15) is 11.1 Å². The Balaban J connectivity index is 1.79. The van der Waals surface area contributed by atoms with Gasteiger partial charge in [-0.15, -0.1) is 0 Å². The van der Waals surface area contributed by atoms with E-state index in [1.807, 2.05) is 61.5 Å². The van der Waals surface area contributed by atoms with Crippen LogP contribution in [0.15, 0.2) is 84.5 Å². The third-order valence-corrected chi connectivity index (χ3v) is 5.87. The smallest absolute Gasteiger partial charge is 0.256 e. The number of pyridine rings is 1. The van der Waals surface area contributed by atoms with Crippen molar-refractivity contribution in [2.75, 3.05) is 4.72 Å². The lowest BCUT2D eigenvalue weighted by Crippen LogP contribution is -2.12. The lowest BCUT2D eigenvalue weighted by molar-refractivity contribution is 0.609. The van der Waals surface area contributed by atoms with Crippen LogP contribution < -0.4 is 4.72 Å². The van der Waals surface area contributed by atoms with E-state index in [0.29, 0.717) is 16.7 Å². The SMILES string of the molecule is Cc1ccc(-c2c(Cl)nc(-c3ccncc3)nc2NS(=O)(=O)/C=C/c2ccccc2)cc1. The highest BCUT2D eigenvalue weighted by Gasteiger charge is 2.19. The minimum Gasteiger partial charge on any atom is -0.265 e. The number of aromatic nitrogens is 3. The van der Waals surface area contributed by atoms with Crippen molar-refractivity contribution in [2.24, 2.45) is 0 Å². The molecule has 0 saturated heterocycles. The Morgan fingerprint density at radius 2 is 1.56 bits per heavy atom. The van der Waals surface area contributed by atoms with Crippen LogP contribution in [0.2, 0.25) is 5.15 Å². The van der Waals surface area contributed by atoms with E-state index in [2.05, 4.69) is 19.7 Å². The summed E-state index contributed by atoms with van der Waals surface area (Å²) in [6.45, 7) is 1.96. The van der Waals surface area contributed by atoms with E-state index in [4.69, 9.17) is 11.6 Å². The number of nitrogens with zero attached hydrogens (tertiary/aromatic N) is 3. The van der Waals surface area contributed by atoms with Gasteiger partial charge in [0.15, 0.2) is 11.6 Å². The van der Waals surface area contributed by atoms with Crippen LogP contribution in [-0.4, -0.2) is 23.4 Å². The van der Waals surface area contributed by atoms with Gasteiger partial charge in [-0.1, -0.05) is 71.8 Å². The number of halogens is 1. The number of hydrogen-bond donors (Lipinski definition) is 1. The predicted octanol–water partition coefficient (Wildman–Crippen LogP) is 5.58. The molecular weight excluding hydrogens is 444 g/mol. The van der Waals surface area contributed by atoms with E-state index in [0.717, 1.165) is 16.5 Å². The lowest BCUT2D eigenvalue weighted by Gasteiger charge is -2.14. The van der Waals surface area contributed by atoms with Gasteiger partial charge in [-0.05, 0) is 36.3 Å². The molecule has 0 spiro atoms. The molecule has 4 aromatic rings. The molecule has 0 unspecified atom stereocenters. The maximum absolute atomic E-state index is 12.9. The Kier molecular flexibility index (Phi) is 6.30. The van der Waals surface area contributed by atoms with E-state index in [1.165, 1.54) is 6.08 Å². The molecule has 0 radical (unpaired) electrons. The van der Waals surface area contributed by atoms with Gasteiger partial charge in [-0.2, -0.15) is 0 Å². The summed E-state index contributed by atoms with van der Waals surface area (Å²) in [6, 6.07) is 20.1. The highest BCUT2D eigenvalue weighted by molar-refractivity contribution is 7.95. The maximum atomic E-state index is 12.9. The monoisotopic (exact) mass is 462 g/mol. The molecule has 0 aliphatic heterocycles. The Bertz CT molecular complexity index is 1360. The summed E-state index contributed by atoms with van der Waals surface area (Å²) in [5.41, 5.74) is 3.59. The molecule has 2 heterocycles. The van der Waals surface area contributed by atoms with Crippen molar-refractivity contribution in [3.8, 4) is 22.5 Å². The van der Waals surface area contributed by atoms with Gasteiger partial charge in [0, 0.05) is 18.0 Å². The van der Waals surface area contributed by atoms with Gasteiger partial charge in [0.2, 0.25) is 0 Å². The number of rotatable bonds is 6. The zero-order chi connectivity index (χ0) is 22.6. The first-order valence-corrected chi connectivity index (χ1v) is 11.6. The highest BCUT2D eigenvalue weighted by Crippen LogP contribution is 2.35. The Morgan fingerprint density at radius 3 is 2.25 bits per heavy atom. The number of sulfonamides is 1. The van der Waals surface area contributed by atoms with Crippen molar-refractivity contribution in [3.63, 3.8) is 0 Å². The van der Waals surface area contributed by atoms with Gasteiger partial charge >= 0.3 is 0 Å². The summed E-state index contributed by atoms with van der Waals surface area (Å²) in [5, 5.41) is 1.24. The molecule has 0 fully saturated rings. The molecule has 160 valence electrons. The molecule has 6 nitrogen and oxygen atoms in total. The molecule has 2 aromatic carbocycles. The fraction of sp³-hybridized carbons (Fsp3) is 0.0417. The van der Waals surface area contributed by atoms with Crippen LogP contribution in [0.4, 0.5) is 5.82 Å². The van der Waals surface area contributed by atoms with Gasteiger partial charge in [-0.3, -0.25) is 9.71 Å². The number of nitrogens with one attached hydrogen (secondary N) is 1. The summed E-state index contributed by atoms with van der Waals surface area (Å²) in [7, 11) is -3.88. The average Bonchev–Trinajstić information content (AvgIpc) is 2.80. The molecule has 0 aliphatic rings. The van der Waals surface area contributed by atoms with Crippen molar-refractivity contribution in [1.82, 2.24) is 15.0 Å². The first kappa shape index (κ1) is 21.7. The largest absolute Gasteiger partial charge is 0.265 e. The van der Waals surface area contributed by atoms with E-state index in [9.17, 15) is 8.42 Å². The first-order valence-electron chi connectivity index (χ1n) is 9.72. The van der Waals surface area contributed by atoms with Crippen LogP contribution >= 0.6 is 11.6 Å². The van der Waals surface area contributed by atoms with Crippen molar-refractivity contribution in [1.29, 1.82) is 0 Å².